The van der Waals surface area contributed by atoms with E-state index in [1.54, 1.807) is 11.3 Å². The Labute approximate surface area is 338 Å². The lowest BCUT2D eigenvalue weighted by Crippen LogP contribution is -2.56. The standard InChI is InChI=1S/C45H44B5ClN2S/c1-25-21-32(52(29-16-11-26(12-17-29)43(2,3)4)34-24-54-35-20-15-28(23-31(34)35)45(8,9)10)41(51)33(22-25)53(30-18-13-27(14-19-30)44(5,6)7)42-39(49)37(47)36(46)38(48)40(42)50/h11-24H,1-10H3. The molecule has 2 nitrogen and oxygen atoms in total. The molecule has 0 spiro atoms. The van der Waals surface area contributed by atoms with Crippen LogP contribution in [-0.4, -0.2) is 39.2 Å². The smallest absolute Gasteiger partial charge is 0.115 e. The number of rotatable bonds is 6. The summed E-state index contributed by atoms with van der Waals surface area (Å²) in [5.41, 5.74) is 10.1. The molecule has 0 unspecified atom stereocenters. The summed E-state index contributed by atoms with van der Waals surface area (Å²) in [6.07, 6.45) is 0. The number of fused-ring (bicyclic) bond motifs is 1. The molecule has 0 saturated heterocycles. The SMILES string of the molecule is [B]c1c([B])c([B])c(N(c2ccc(C(C)(C)C)cc2)c2cc(C)cc(N(c3ccc(C(C)(C)C)cc3)c3csc4ccc(C(C)(C)C)cc34)c2Cl)c([B])c1[B]. The minimum Gasteiger partial charge on any atom is -0.310 e. The van der Waals surface area contributed by atoms with Crippen molar-refractivity contribution in [2.45, 2.75) is 85.5 Å². The molecule has 0 aliphatic heterocycles. The van der Waals surface area contributed by atoms with Crippen molar-refractivity contribution in [1.82, 2.24) is 0 Å². The summed E-state index contributed by atoms with van der Waals surface area (Å²) < 4.78 is 1.19. The number of benzene rings is 5. The van der Waals surface area contributed by atoms with E-state index in [1.807, 2.05) is 23.1 Å². The van der Waals surface area contributed by atoms with E-state index in [-0.39, 0.29) is 43.6 Å². The van der Waals surface area contributed by atoms with Crippen LogP contribution in [0, 0.1) is 6.92 Å². The van der Waals surface area contributed by atoms with E-state index in [0.717, 1.165) is 33.7 Å². The molecule has 6 aromatic rings. The zero-order chi connectivity index (χ0) is 39.7. The van der Waals surface area contributed by atoms with Gasteiger partial charge in [0.05, 0.1) is 22.1 Å². The average molecular weight is 734 g/mol. The van der Waals surface area contributed by atoms with E-state index in [1.165, 1.54) is 21.4 Å². The van der Waals surface area contributed by atoms with Gasteiger partial charge in [-0.25, -0.2) is 0 Å². The number of hydrogen-bond acceptors (Lipinski definition) is 3. The minimum atomic E-state index is -0.0647. The van der Waals surface area contributed by atoms with Gasteiger partial charge < -0.3 is 9.80 Å². The molecule has 54 heavy (non-hydrogen) atoms. The van der Waals surface area contributed by atoms with Gasteiger partial charge in [-0.2, -0.15) is 0 Å². The lowest BCUT2D eigenvalue weighted by molar-refractivity contribution is 0.590. The quantitative estimate of drug-likeness (QED) is 0.158. The molecule has 0 atom stereocenters. The van der Waals surface area contributed by atoms with Crippen LogP contribution in [0.1, 0.15) is 84.6 Å². The number of aryl methyl sites for hydroxylation is 1. The monoisotopic (exact) mass is 734 g/mol. The molecule has 0 fully saturated rings. The van der Waals surface area contributed by atoms with E-state index >= 15 is 0 Å². The summed E-state index contributed by atoms with van der Waals surface area (Å²) in [5, 5.41) is 3.85. The lowest BCUT2D eigenvalue weighted by Gasteiger charge is -2.35. The Morgan fingerprint density at radius 3 is 1.37 bits per heavy atom. The predicted octanol–water partition coefficient (Wildman–Crippen LogP) is 8.66. The van der Waals surface area contributed by atoms with Gasteiger partial charge in [-0.05, 0) is 94.0 Å². The third kappa shape index (κ3) is 7.46. The largest absolute Gasteiger partial charge is 0.310 e. The minimum absolute atomic E-state index is 0.0140. The molecule has 5 aromatic carbocycles. The summed E-state index contributed by atoms with van der Waals surface area (Å²) in [6.45, 7) is 22.0. The van der Waals surface area contributed by atoms with Crippen LogP contribution in [0.3, 0.4) is 0 Å². The summed E-state index contributed by atoms with van der Waals surface area (Å²) in [4.78, 5) is 4.21. The molecule has 262 valence electrons. The van der Waals surface area contributed by atoms with Crippen LogP contribution in [0.4, 0.5) is 34.1 Å². The van der Waals surface area contributed by atoms with Crippen LogP contribution < -0.4 is 37.1 Å². The van der Waals surface area contributed by atoms with Gasteiger partial charge in [0, 0.05) is 32.5 Å². The van der Waals surface area contributed by atoms with Gasteiger partial charge in [0.2, 0.25) is 0 Å². The van der Waals surface area contributed by atoms with Gasteiger partial charge in [0.25, 0.3) is 0 Å². The van der Waals surface area contributed by atoms with E-state index < -0.39 is 0 Å². The normalized spacial score (nSPS) is 12.4. The molecule has 1 heterocycles. The first kappa shape index (κ1) is 40.0. The Morgan fingerprint density at radius 2 is 0.907 bits per heavy atom. The Bertz CT molecular complexity index is 2330. The van der Waals surface area contributed by atoms with E-state index in [0.29, 0.717) is 16.4 Å². The molecule has 0 N–H and O–H groups in total. The van der Waals surface area contributed by atoms with Crippen LogP contribution in [0.25, 0.3) is 10.1 Å². The summed E-state index contributed by atoms with van der Waals surface area (Å²) in [7, 11) is 32.9. The first-order valence-electron chi connectivity index (χ1n) is 18.2. The van der Waals surface area contributed by atoms with Gasteiger partial charge in [-0.1, -0.05) is 115 Å². The van der Waals surface area contributed by atoms with Crippen LogP contribution >= 0.6 is 22.9 Å². The Morgan fingerprint density at radius 1 is 0.500 bits per heavy atom. The number of anilines is 6. The highest BCUT2D eigenvalue weighted by molar-refractivity contribution is 7.17. The third-order valence-electron chi connectivity index (χ3n) is 10.2. The van der Waals surface area contributed by atoms with Gasteiger partial charge in [0.15, 0.2) is 0 Å². The maximum atomic E-state index is 7.77. The first-order chi connectivity index (χ1) is 25.1. The maximum Gasteiger partial charge on any atom is 0.115 e. The lowest BCUT2D eigenvalue weighted by atomic mass is 9.61. The molecule has 9 heteroatoms. The topological polar surface area (TPSA) is 6.48 Å². The maximum absolute atomic E-state index is 7.77. The van der Waals surface area contributed by atoms with Gasteiger partial charge >= 0.3 is 0 Å². The second-order valence-electron chi connectivity index (χ2n) is 17.4. The van der Waals surface area contributed by atoms with Gasteiger partial charge in [-0.15, -0.1) is 27.7 Å². The van der Waals surface area contributed by atoms with E-state index in [4.69, 9.17) is 50.8 Å². The van der Waals surface area contributed by atoms with Crippen molar-refractivity contribution in [2.24, 2.45) is 0 Å². The van der Waals surface area contributed by atoms with Crippen LogP contribution in [0.5, 0.6) is 0 Å². The Hall–Kier alpha value is -3.73. The highest BCUT2D eigenvalue weighted by Gasteiger charge is 2.28. The molecule has 6 rings (SSSR count). The molecular formula is C45H44B5ClN2S. The van der Waals surface area contributed by atoms with Gasteiger partial charge in [-0.3, -0.25) is 0 Å². The molecule has 0 amide bonds. The second-order valence-corrected chi connectivity index (χ2v) is 18.7. The number of nitrogens with zero attached hydrogens (tertiary/aromatic N) is 2. The zero-order valence-corrected chi connectivity index (χ0v) is 34.7. The van der Waals surface area contributed by atoms with Crippen molar-refractivity contribution in [1.29, 1.82) is 0 Å². The molecule has 0 aliphatic carbocycles. The molecule has 0 aliphatic rings. The molecule has 0 bridgehead atoms. The van der Waals surface area contributed by atoms with Gasteiger partial charge in [0.1, 0.15) is 39.2 Å². The average Bonchev–Trinajstić information content (AvgIpc) is 3.52. The molecule has 10 radical (unpaired) electrons. The highest BCUT2D eigenvalue weighted by atomic mass is 35.5. The van der Waals surface area contributed by atoms with Crippen molar-refractivity contribution in [3.8, 4) is 0 Å². The van der Waals surface area contributed by atoms with Crippen LogP contribution in [0.15, 0.2) is 84.2 Å². The van der Waals surface area contributed by atoms with Crippen LogP contribution in [-0.2, 0) is 16.2 Å². The number of halogens is 1. The fraction of sp³-hybridized carbons (Fsp3) is 0.289. The van der Waals surface area contributed by atoms with E-state index in [9.17, 15) is 0 Å². The third-order valence-corrected chi connectivity index (χ3v) is 11.5. The number of hydrogen-bond donors (Lipinski definition) is 0. The second kappa shape index (κ2) is 14.4. The van der Waals surface area contributed by atoms with Crippen molar-refractivity contribution >= 4 is 134 Å². The van der Waals surface area contributed by atoms with Crippen molar-refractivity contribution in [3.63, 3.8) is 0 Å². The van der Waals surface area contributed by atoms with Crippen molar-refractivity contribution in [2.75, 3.05) is 9.80 Å². The van der Waals surface area contributed by atoms with E-state index in [2.05, 4.69) is 140 Å². The predicted molar refractivity (Wildman–Crippen MR) is 244 cm³/mol. The number of thiophene rings is 1. The zero-order valence-electron chi connectivity index (χ0n) is 33.2. The fourth-order valence-corrected chi connectivity index (χ4v) is 7.99. The fourth-order valence-electron chi connectivity index (χ4n) is 6.81. The van der Waals surface area contributed by atoms with Crippen LogP contribution in [0.2, 0.25) is 5.02 Å². The first-order valence-corrected chi connectivity index (χ1v) is 19.5. The highest BCUT2D eigenvalue weighted by Crippen LogP contribution is 2.50. The summed E-state index contributed by atoms with van der Waals surface area (Å²) >= 11 is 9.48. The Balaban J connectivity index is 1.68. The molecule has 0 saturated carbocycles. The molecule has 1 aromatic heterocycles. The summed E-state index contributed by atoms with van der Waals surface area (Å²) in [5.74, 6) is 0. The molecular weight excluding hydrogens is 690 g/mol. The van der Waals surface area contributed by atoms with Crippen molar-refractivity contribution in [3.05, 3.63) is 112 Å². The summed E-state index contributed by atoms with van der Waals surface area (Å²) in [6, 6.07) is 28.0. The Kier molecular flexibility index (Phi) is 10.7. The van der Waals surface area contributed by atoms with Crippen molar-refractivity contribution < 1.29 is 0 Å².